The topological polar surface area (TPSA) is 89.8 Å². The average Bonchev–Trinajstić information content (AvgIpc) is 3.21. The van der Waals surface area contributed by atoms with Gasteiger partial charge >= 0.3 is 0 Å². The fourth-order valence-corrected chi connectivity index (χ4v) is 3.87. The largest absolute Gasteiger partial charge is 0.325 e. The average molecular weight is 444 g/mol. The third-order valence-electron chi connectivity index (χ3n) is 4.75. The fraction of sp³-hybridized carbons (Fsp3) is 0.125. The number of Topliss-reactive ketones (excluding diaryl/α,β-unsaturated/α-hetero) is 1. The van der Waals surface area contributed by atoms with E-state index in [4.69, 9.17) is 0 Å². The summed E-state index contributed by atoms with van der Waals surface area (Å²) in [7, 11) is 0. The molecule has 0 fully saturated rings. The van der Waals surface area contributed by atoms with E-state index in [9.17, 15) is 9.59 Å². The Kier molecular flexibility index (Phi) is 6.72. The molecule has 2 aromatic carbocycles. The molecule has 2 heterocycles. The molecule has 0 aliphatic heterocycles. The van der Waals surface area contributed by atoms with Crippen LogP contribution in [0.2, 0.25) is 0 Å². The molecule has 7 nitrogen and oxygen atoms in total. The minimum absolute atomic E-state index is 0.0128. The zero-order valence-corrected chi connectivity index (χ0v) is 18.2. The number of carbonyl (C=O) groups is 2. The number of pyridine rings is 1. The van der Waals surface area contributed by atoms with Gasteiger partial charge in [-0.1, -0.05) is 42.1 Å². The van der Waals surface area contributed by atoms with Crippen LogP contribution in [0, 0.1) is 0 Å². The quantitative estimate of drug-likeness (QED) is 0.322. The second kappa shape index (κ2) is 10.0. The minimum atomic E-state index is -0.162. The summed E-state index contributed by atoms with van der Waals surface area (Å²) in [6, 6.07) is 20.6. The number of hydrogen-bond acceptors (Lipinski definition) is 6. The maximum atomic E-state index is 12.5. The molecular formula is C24H21N5O2S. The first-order chi connectivity index (χ1) is 15.6. The van der Waals surface area contributed by atoms with Crippen molar-refractivity contribution in [3.05, 3.63) is 90.3 Å². The van der Waals surface area contributed by atoms with Crippen LogP contribution in [0.15, 0.2) is 84.3 Å². The van der Waals surface area contributed by atoms with Gasteiger partial charge in [0.2, 0.25) is 5.91 Å². The van der Waals surface area contributed by atoms with Crippen LogP contribution in [0.5, 0.6) is 0 Å². The van der Waals surface area contributed by atoms with Gasteiger partial charge in [0, 0.05) is 29.2 Å². The summed E-state index contributed by atoms with van der Waals surface area (Å²) < 4.78 is 2.00. The highest BCUT2D eigenvalue weighted by atomic mass is 32.2. The number of thioether (sulfide) groups is 1. The molecule has 0 unspecified atom stereocenters. The number of nitrogens with one attached hydrogen (secondary N) is 1. The van der Waals surface area contributed by atoms with Crippen LogP contribution < -0.4 is 5.32 Å². The Balaban J connectivity index is 1.49. The molecule has 0 aliphatic carbocycles. The molecular weight excluding hydrogens is 422 g/mol. The van der Waals surface area contributed by atoms with E-state index in [2.05, 4.69) is 20.5 Å². The number of benzene rings is 2. The minimum Gasteiger partial charge on any atom is -0.325 e. The first-order valence-corrected chi connectivity index (χ1v) is 11.0. The van der Waals surface area contributed by atoms with E-state index in [1.165, 1.54) is 18.7 Å². The number of aromatic nitrogens is 4. The molecule has 0 spiro atoms. The third-order valence-corrected chi connectivity index (χ3v) is 5.71. The number of anilines is 1. The SMILES string of the molecule is CC(=O)c1ccc(NC(=O)CSc2nnc(-c3ccncc3)n2Cc2ccccc2)cc1. The molecule has 1 amide bonds. The van der Waals surface area contributed by atoms with E-state index in [-0.39, 0.29) is 17.4 Å². The Hall–Kier alpha value is -3.78. The summed E-state index contributed by atoms with van der Waals surface area (Å²) in [6.45, 7) is 2.10. The van der Waals surface area contributed by atoms with Gasteiger partial charge in [0.05, 0.1) is 12.3 Å². The molecule has 0 aliphatic rings. The van der Waals surface area contributed by atoms with E-state index in [0.29, 0.717) is 23.0 Å². The maximum absolute atomic E-state index is 12.5. The lowest BCUT2D eigenvalue weighted by atomic mass is 10.1. The Bertz CT molecular complexity index is 1210. The molecule has 0 atom stereocenters. The molecule has 0 radical (unpaired) electrons. The predicted molar refractivity (Wildman–Crippen MR) is 125 cm³/mol. The predicted octanol–water partition coefficient (Wildman–Crippen LogP) is 4.32. The first-order valence-electron chi connectivity index (χ1n) is 10.0. The first kappa shape index (κ1) is 21.5. The van der Waals surface area contributed by atoms with E-state index in [1.807, 2.05) is 47.0 Å². The van der Waals surface area contributed by atoms with Crippen molar-refractivity contribution in [2.24, 2.45) is 0 Å². The van der Waals surface area contributed by atoms with E-state index < -0.39 is 0 Å². The van der Waals surface area contributed by atoms with Crippen LogP contribution in [-0.2, 0) is 11.3 Å². The molecule has 4 aromatic rings. The maximum Gasteiger partial charge on any atom is 0.234 e. The van der Waals surface area contributed by atoms with E-state index >= 15 is 0 Å². The van der Waals surface area contributed by atoms with Crippen molar-refractivity contribution in [1.82, 2.24) is 19.7 Å². The van der Waals surface area contributed by atoms with Gasteiger partial charge in [0.25, 0.3) is 0 Å². The molecule has 0 saturated heterocycles. The third kappa shape index (κ3) is 5.28. The summed E-state index contributed by atoms with van der Waals surface area (Å²) in [5.74, 6) is 0.725. The standard InChI is InChI=1S/C24H21N5O2S/c1-17(30)19-7-9-21(10-8-19)26-22(31)16-32-24-28-27-23(20-11-13-25-14-12-20)29(24)15-18-5-3-2-4-6-18/h2-14H,15-16H2,1H3,(H,26,31). The molecule has 160 valence electrons. The summed E-state index contributed by atoms with van der Waals surface area (Å²) >= 11 is 1.32. The van der Waals surface area contributed by atoms with E-state index in [0.717, 1.165) is 17.0 Å². The second-order valence-corrected chi connectivity index (χ2v) is 8.03. The van der Waals surface area contributed by atoms with Crippen LogP contribution in [0.25, 0.3) is 11.4 Å². The number of rotatable bonds is 8. The molecule has 8 heteroatoms. The van der Waals surface area contributed by atoms with Gasteiger partial charge in [0.15, 0.2) is 16.8 Å². The van der Waals surface area contributed by atoms with Crippen molar-refractivity contribution < 1.29 is 9.59 Å². The number of ketones is 1. The van der Waals surface area contributed by atoms with Gasteiger partial charge in [-0.25, -0.2) is 0 Å². The Labute approximate surface area is 189 Å². The van der Waals surface area contributed by atoms with E-state index in [1.54, 1.807) is 36.7 Å². The fourth-order valence-electron chi connectivity index (χ4n) is 3.13. The highest BCUT2D eigenvalue weighted by Crippen LogP contribution is 2.25. The number of amides is 1. The lowest BCUT2D eigenvalue weighted by molar-refractivity contribution is -0.113. The van der Waals surface area contributed by atoms with Crippen LogP contribution in [0.1, 0.15) is 22.8 Å². The Morgan fingerprint density at radius 1 is 0.938 bits per heavy atom. The van der Waals surface area contributed by atoms with Gasteiger partial charge < -0.3 is 5.32 Å². The van der Waals surface area contributed by atoms with Crippen molar-refractivity contribution in [3.8, 4) is 11.4 Å². The monoisotopic (exact) mass is 443 g/mol. The van der Waals surface area contributed by atoms with Crippen LogP contribution in [0.3, 0.4) is 0 Å². The summed E-state index contributed by atoms with van der Waals surface area (Å²) in [6.07, 6.45) is 3.43. The molecule has 0 saturated carbocycles. The normalized spacial score (nSPS) is 10.7. The van der Waals surface area contributed by atoms with Crippen LogP contribution >= 0.6 is 11.8 Å². The number of hydrogen-bond donors (Lipinski definition) is 1. The lowest BCUT2D eigenvalue weighted by Crippen LogP contribution is -2.15. The highest BCUT2D eigenvalue weighted by Gasteiger charge is 2.16. The summed E-state index contributed by atoms with van der Waals surface area (Å²) in [5, 5.41) is 12.2. The van der Waals surface area contributed by atoms with Gasteiger partial charge in [-0.3, -0.25) is 19.1 Å². The molecule has 32 heavy (non-hydrogen) atoms. The molecule has 2 aromatic heterocycles. The van der Waals surface area contributed by atoms with Crippen LogP contribution in [0.4, 0.5) is 5.69 Å². The van der Waals surface area contributed by atoms with Crippen molar-refractivity contribution in [2.45, 2.75) is 18.6 Å². The molecule has 4 rings (SSSR count). The second-order valence-electron chi connectivity index (χ2n) is 7.08. The molecule has 0 bridgehead atoms. The smallest absolute Gasteiger partial charge is 0.234 e. The van der Waals surface area contributed by atoms with Crippen LogP contribution in [-0.4, -0.2) is 37.2 Å². The van der Waals surface area contributed by atoms with Crippen molar-refractivity contribution in [3.63, 3.8) is 0 Å². The highest BCUT2D eigenvalue weighted by molar-refractivity contribution is 7.99. The van der Waals surface area contributed by atoms with Gasteiger partial charge in [-0.2, -0.15) is 0 Å². The zero-order valence-electron chi connectivity index (χ0n) is 17.4. The number of carbonyl (C=O) groups excluding carboxylic acids is 2. The van der Waals surface area contributed by atoms with Crippen molar-refractivity contribution in [2.75, 3.05) is 11.1 Å². The summed E-state index contributed by atoms with van der Waals surface area (Å²) in [4.78, 5) is 28.0. The zero-order chi connectivity index (χ0) is 22.3. The Morgan fingerprint density at radius 3 is 2.34 bits per heavy atom. The van der Waals surface area contributed by atoms with Crippen molar-refractivity contribution in [1.29, 1.82) is 0 Å². The van der Waals surface area contributed by atoms with Gasteiger partial charge in [0.1, 0.15) is 0 Å². The molecule has 1 N–H and O–H groups in total. The Morgan fingerprint density at radius 2 is 1.66 bits per heavy atom. The number of nitrogens with zero attached hydrogens (tertiary/aromatic N) is 4. The van der Waals surface area contributed by atoms with Gasteiger partial charge in [-0.05, 0) is 48.9 Å². The van der Waals surface area contributed by atoms with Crippen molar-refractivity contribution >= 4 is 29.1 Å². The summed E-state index contributed by atoms with van der Waals surface area (Å²) in [5.41, 5.74) is 3.27. The lowest BCUT2D eigenvalue weighted by Gasteiger charge is -2.11. The van der Waals surface area contributed by atoms with Gasteiger partial charge in [-0.15, -0.1) is 10.2 Å².